The fourth-order valence-electron chi connectivity index (χ4n) is 2.03. The summed E-state index contributed by atoms with van der Waals surface area (Å²) in [4.78, 5) is 13.3. The molecule has 24 heavy (non-hydrogen) atoms. The highest BCUT2D eigenvalue weighted by molar-refractivity contribution is 9.10. The maximum absolute atomic E-state index is 12.3. The van der Waals surface area contributed by atoms with Gasteiger partial charge in [0.25, 0.3) is 5.91 Å². The average molecular weight is 430 g/mol. The fraction of sp³-hybridized carbons (Fsp3) is 0.278. The van der Waals surface area contributed by atoms with Crippen LogP contribution in [0, 0.1) is 0 Å². The smallest absolute Gasteiger partial charge is 0.252 e. The van der Waals surface area contributed by atoms with E-state index in [1.165, 1.54) is 5.56 Å². The molecule has 3 nitrogen and oxygen atoms in total. The van der Waals surface area contributed by atoms with E-state index >= 15 is 0 Å². The number of thioether (sulfide) groups is 1. The molecule has 1 atom stereocenters. The Hall–Kier alpha value is -1.01. The molecule has 0 saturated heterocycles. The number of rotatable bonds is 7. The quantitative estimate of drug-likeness (QED) is 0.631. The molecule has 2 aromatic rings. The summed E-state index contributed by atoms with van der Waals surface area (Å²) in [5.41, 5.74) is 7.66. The molecule has 0 fully saturated rings. The van der Waals surface area contributed by atoms with Gasteiger partial charge in [-0.1, -0.05) is 40.2 Å². The van der Waals surface area contributed by atoms with Crippen LogP contribution in [0.2, 0.25) is 0 Å². The summed E-state index contributed by atoms with van der Waals surface area (Å²) < 4.78 is 1.07. The van der Waals surface area contributed by atoms with Crippen molar-refractivity contribution < 1.29 is 4.79 Å². The predicted molar refractivity (Wildman–Crippen MR) is 108 cm³/mol. The number of nitrogens with one attached hydrogen (secondary N) is 1. The van der Waals surface area contributed by atoms with Crippen molar-refractivity contribution in [2.45, 2.75) is 30.0 Å². The molecule has 2 aromatic carbocycles. The van der Waals surface area contributed by atoms with Crippen LogP contribution >= 0.6 is 40.1 Å². The minimum absolute atomic E-state index is 0. The van der Waals surface area contributed by atoms with Crippen LogP contribution in [0.4, 0.5) is 0 Å². The van der Waals surface area contributed by atoms with E-state index in [1.54, 1.807) is 11.8 Å². The number of halogens is 2. The zero-order valence-corrected chi connectivity index (χ0v) is 16.7. The minimum atomic E-state index is -0.0374. The van der Waals surface area contributed by atoms with Gasteiger partial charge in [-0.15, -0.1) is 24.2 Å². The van der Waals surface area contributed by atoms with Crippen molar-refractivity contribution in [3.05, 3.63) is 64.1 Å². The Balaban J connectivity index is 0.00000288. The normalized spacial score (nSPS) is 11.5. The van der Waals surface area contributed by atoms with Gasteiger partial charge in [0.15, 0.2) is 0 Å². The van der Waals surface area contributed by atoms with E-state index in [2.05, 4.69) is 33.4 Å². The number of carbonyl (C=O) groups is 1. The van der Waals surface area contributed by atoms with Gasteiger partial charge in [0.1, 0.15) is 0 Å². The first-order chi connectivity index (χ1) is 11.1. The summed E-state index contributed by atoms with van der Waals surface area (Å²) in [6.07, 6.45) is 0.778. The highest BCUT2D eigenvalue weighted by atomic mass is 79.9. The first-order valence-electron chi connectivity index (χ1n) is 7.56. The zero-order valence-electron chi connectivity index (χ0n) is 13.5. The molecule has 0 spiro atoms. The Kier molecular flexibility index (Phi) is 9.44. The molecule has 0 bridgehead atoms. The Morgan fingerprint density at radius 2 is 1.88 bits per heavy atom. The number of carbonyl (C=O) groups excluding carboxylic acids is 1. The van der Waals surface area contributed by atoms with Gasteiger partial charge in [-0.3, -0.25) is 4.79 Å². The second kappa shape index (κ2) is 10.8. The molecule has 6 heteroatoms. The van der Waals surface area contributed by atoms with Gasteiger partial charge in [-0.05, 0) is 43.2 Å². The van der Waals surface area contributed by atoms with Crippen LogP contribution in [-0.2, 0) is 5.75 Å². The van der Waals surface area contributed by atoms with E-state index in [4.69, 9.17) is 5.73 Å². The van der Waals surface area contributed by atoms with Gasteiger partial charge in [0.2, 0.25) is 0 Å². The summed E-state index contributed by atoms with van der Waals surface area (Å²) in [7, 11) is 0. The summed E-state index contributed by atoms with van der Waals surface area (Å²) in [5.74, 6) is 0.793. The molecule has 0 aliphatic carbocycles. The van der Waals surface area contributed by atoms with E-state index < -0.39 is 0 Å². The zero-order chi connectivity index (χ0) is 16.7. The average Bonchev–Trinajstić information content (AvgIpc) is 2.54. The maximum atomic E-state index is 12.3. The topological polar surface area (TPSA) is 55.1 Å². The molecule has 0 aliphatic heterocycles. The Morgan fingerprint density at radius 3 is 2.54 bits per heavy atom. The van der Waals surface area contributed by atoms with Crippen LogP contribution in [0.15, 0.2) is 57.9 Å². The van der Waals surface area contributed by atoms with Crippen LogP contribution < -0.4 is 11.1 Å². The highest BCUT2D eigenvalue weighted by Crippen LogP contribution is 2.26. The van der Waals surface area contributed by atoms with Gasteiger partial charge in [0.05, 0.1) is 5.56 Å². The van der Waals surface area contributed by atoms with Gasteiger partial charge in [0, 0.05) is 27.7 Å². The monoisotopic (exact) mass is 428 g/mol. The molecule has 1 amide bonds. The number of hydrogen-bond acceptors (Lipinski definition) is 3. The van der Waals surface area contributed by atoms with Gasteiger partial charge >= 0.3 is 0 Å². The second-order valence-electron chi connectivity index (χ2n) is 5.43. The summed E-state index contributed by atoms with van der Waals surface area (Å²) in [5, 5.41) is 2.94. The standard InChI is InChI=1S/C18H21BrN2OS.ClH/c1-13(20)10-11-21-18(22)16-4-2-3-5-17(16)23-12-14-6-8-15(19)9-7-14;/h2-9,13H,10-12,20H2,1H3,(H,21,22);1H. The van der Waals surface area contributed by atoms with E-state index in [0.29, 0.717) is 6.54 Å². The van der Waals surface area contributed by atoms with Crippen molar-refractivity contribution in [2.75, 3.05) is 6.54 Å². The van der Waals surface area contributed by atoms with Crippen molar-refractivity contribution in [3.8, 4) is 0 Å². The van der Waals surface area contributed by atoms with Gasteiger partial charge in [-0.2, -0.15) is 0 Å². The molecule has 2 rings (SSSR count). The van der Waals surface area contributed by atoms with Crippen LogP contribution in [0.25, 0.3) is 0 Å². The Bertz CT molecular complexity index is 650. The Morgan fingerprint density at radius 1 is 1.21 bits per heavy atom. The molecular weight excluding hydrogens is 408 g/mol. The SMILES string of the molecule is CC(N)CCNC(=O)c1ccccc1SCc1ccc(Br)cc1.Cl. The largest absolute Gasteiger partial charge is 0.352 e. The number of hydrogen-bond donors (Lipinski definition) is 2. The first-order valence-corrected chi connectivity index (χ1v) is 9.34. The lowest BCUT2D eigenvalue weighted by molar-refractivity contribution is 0.0950. The van der Waals surface area contributed by atoms with Crippen molar-refractivity contribution in [2.24, 2.45) is 5.73 Å². The Labute approximate surface area is 162 Å². The number of amides is 1. The van der Waals surface area contributed by atoms with Crippen molar-refractivity contribution in [1.82, 2.24) is 5.32 Å². The van der Waals surface area contributed by atoms with E-state index in [9.17, 15) is 4.79 Å². The summed E-state index contributed by atoms with van der Waals surface area (Å²) in [6.45, 7) is 2.54. The predicted octanol–water partition coefficient (Wildman–Crippen LogP) is 4.63. The van der Waals surface area contributed by atoms with Gasteiger partial charge < -0.3 is 11.1 Å². The fourth-order valence-corrected chi connectivity index (χ4v) is 3.30. The van der Waals surface area contributed by atoms with Crippen LogP contribution in [0.5, 0.6) is 0 Å². The van der Waals surface area contributed by atoms with Gasteiger partial charge in [-0.25, -0.2) is 0 Å². The van der Waals surface area contributed by atoms with Crippen LogP contribution in [-0.4, -0.2) is 18.5 Å². The van der Waals surface area contributed by atoms with E-state index in [0.717, 1.165) is 27.1 Å². The highest BCUT2D eigenvalue weighted by Gasteiger charge is 2.11. The third kappa shape index (κ3) is 6.85. The van der Waals surface area contributed by atoms with Crippen molar-refractivity contribution in [1.29, 1.82) is 0 Å². The molecule has 0 heterocycles. The van der Waals surface area contributed by atoms with E-state index in [1.807, 2.05) is 43.3 Å². The molecule has 1 unspecified atom stereocenters. The molecule has 0 saturated carbocycles. The molecular formula is C18H22BrClN2OS. The molecule has 0 aliphatic rings. The molecule has 3 N–H and O–H groups in total. The molecule has 130 valence electrons. The van der Waals surface area contributed by atoms with E-state index in [-0.39, 0.29) is 24.4 Å². The van der Waals surface area contributed by atoms with Crippen molar-refractivity contribution >= 4 is 46.0 Å². The lowest BCUT2D eigenvalue weighted by Crippen LogP contribution is -2.29. The number of nitrogens with two attached hydrogens (primary N) is 1. The second-order valence-corrected chi connectivity index (χ2v) is 7.37. The first kappa shape index (κ1) is 21.0. The van der Waals surface area contributed by atoms with Crippen molar-refractivity contribution in [3.63, 3.8) is 0 Å². The summed E-state index contributed by atoms with van der Waals surface area (Å²) in [6, 6.07) is 16.0. The third-order valence-electron chi connectivity index (χ3n) is 3.32. The maximum Gasteiger partial charge on any atom is 0.252 e. The molecule has 0 aromatic heterocycles. The summed E-state index contributed by atoms with van der Waals surface area (Å²) >= 11 is 5.11. The minimum Gasteiger partial charge on any atom is -0.352 e. The van der Waals surface area contributed by atoms with Crippen LogP contribution in [0.3, 0.4) is 0 Å². The lowest BCUT2D eigenvalue weighted by atomic mass is 10.2. The third-order valence-corrected chi connectivity index (χ3v) is 5.00. The van der Waals surface area contributed by atoms with Crippen LogP contribution in [0.1, 0.15) is 29.3 Å². The lowest BCUT2D eigenvalue weighted by Gasteiger charge is -2.11. The number of benzene rings is 2. The molecule has 0 radical (unpaired) electrons.